The highest BCUT2D eigenvalue weighted by atomic mass is 32.2. The van der Waals surface area contributed by atoms with Crippen LogP contribution in [0, 0.1) is 0 Å². The van der Waals surface area contributed by atoms with E-state index in [1.165, 1.54) is 10.9 Å². The molecule has 1 atom stereocenters. The van der Waals surface area contributed by atoms with Gasteiger partial charge in [-0.3, -0.25) is 4.79 Å². The zero-order chi connectivity index (χ0) is 22.1. The van der Waals surface area contributed by atoms with Gasteiger partial charge in [-0.2, -0.15) is 26.3 Å². The van der Waals surface area contributed by atoms with Crippen molar-refractivity contribution in [2.24, 2.45) is 0 Å². The second-order valence-electron chi connectivity index (χ2n) is 5.77. The number of aliphatic carboxylic acids is 1. The fourth-order valence-corrected chi connectivity index (χ4v) is 4.97. The van der Waals surface area contributed by atoms with Gasteiger partial charge in [0, 0.05) is 17.4 Å². The lowest BCUT2D eigenvalue weighted by molar-refractivity contribution is -0.143. The Hall–Kier alpha value is -2.19. The summed E-state index contributed by atoms with van der Waals surface area (Å²) in [5, 5.41) is 17.5. The summed E-state index contributed by atoms with van der Waals surface area (Å²) in [7, 11) is 0. The van der Waals surface area contributed by atoms with Gasteiger partial charge in [0.1, 0.15) is 15.8 Å². The van der Waals surface area contributed by atoms with Gasteiger partial charge in [-0.1, -0.05) is 11.8 Å². The average Bonchev–Trinajstić information content (AvgIpc) is 3.31. The standard InChI is InChI=1S/C16H9F6N3O2S3/c17-15(18,19)8-1-7(2-9(3-8)16(20,21)22)10-5-28-14(24-10)30-11(13(26)27)4-12-25-23-6-29-12/h1-3,5-6,11H,4H2,(H,26,27). The average molecular weight is 485 g/mol. The van der Waals surface area contributed by atoms with Gasteiger partial charge in [-0.15, -0.1) is 32.9 Å². The molecule has 0 radical (unpaired) electrons. The molecule has 2 aromatic heterocycles. The number of hydrogen-bond donors (Lipinski definition) is 1. The number of alkyl halides is 6. The van der Waals surface area contributed by atoms with E-state index in [9.17, 15) is 36.2 Å². The molecule has 0 spiro atoms. The fourth-order valence-electron chi connectivity index (χ4n) is 2.29. The van der Waals surface area contributed by atoms with Crippen molar-refractivity contribution >= 4 is 40.4 Å². The Kier molecular flexibility index (Phi) is 6.38. The first kappa shape index (κ1) is 22.5. The number of hydrogen-bond acceptors (Lipinski definition) is 7. The van der Waals surface area contributed by atoms with Crippen LogP contribution in [0.1, 0.15) is 16.1 Å². The maximum absolute atomic E-state index is 13.0. The van der Waals surface area contributed by atoms with Crippen molar-refractivity contribution in [3.05, 3.63) is 45.2 Å². The highest BCUT2D eigenvalue weighted by Crippen LogP contribution is 2.39. The highest BCUT2D eigenvalue weighted by Gasteiger charge is 2.37. The lowest BCUT2D eigenvalue weighted by Crippen LogP contribution is -2.19. The van der Waals surface area contributed by atoms with Gasteiger partial charge < -0.3 is 5.11 Å². The summed E-state index contributed by atoms with van der Waals surface area (Å²) >= 11 is 2.92. The molecule has 0 amide bonds. The van der Waals surface area contributed by atoms with E-state index in [0.29, 0.717) is 17.1 Å². The first-order valence-electron chi connectivity index (χ1n) is 7.83. The largest absolute Gasteiger partial charge is 0.480 e. The minimum Gasteiger partial charge on any atom is -0.480 e. The van der Waals surface area contributed by atoms with Crippen molar-refractivity contribution in [3.63, 3.8) is 0 Å². The summed E-state index contributed by atoms with van der Waals surface area (Å²) in [6.45, 7) is 0. The zero-order valence-electron chi connectivity index (χ0n) is 14.4. The van der Waals surface area contributed by atoms with Crippen LogP contribution in [0.25, 0.3) is 11.3 Å². The third kappa shape index (κ3) is 5.49. The molecule has 0 saturated heterocycles. The van der Waals surface area contributed by atoms with E-state index in [1.807, 2.05) is 0 Å². The van der Waals surface area contributed by atoms with E-state index >= 15 is 0 Å². The van der Waals surface area contributed by atoms with Crippen LogP contribution in [0.4, 0.5) is 26.3 Å². The lowest BCUT2D eigenvalue weighted by atomic mass is 10.0. The number of nitrogens with zero attached hydrogens (tertiary/aromatic N) is 3. The van der Waals surface area contributed by atoms with Crippen LogP contribution in [0.15, 0.2) is 33.4 Å². The maximum Gasteiger partial charge on any atom is 0.416 e. The van der Waals surface area contributed by atoms with E-state index in [1.54, 1.807) is 0 Å². The Morgan fingerprint density at radius 3 is 2.20 bits per heavy atom. The smallest absolute Gasteiger partial charge is 0.416 e. The molecule has 2 heterocycles. The number of thioether (sulfide) groups is 1. The molecule has 5 nitrogen and oxygen atoms in total. The Morgan fingerprint density at radius 1 is 1.07 bits per heavy atom. The Bertz CT molecular complexity index is 1000. The third-order valence-electron chi connectivity index (χ3n) is 3.65. The van der Waals surface area contributed by atoms with Gasteiger partial charge in [0.2, 0.25) is 0 Å². The van der Waals surface area contributed by atoms with Crippen LogP contribution in [-0.2, 0) is 23.6 Å². The SMILES string of the molecule is O=C(O)C(Cc1nncs1)Sc1nc(-c2cc(C(F)(F)F)cc(C(F)(F)F)c2)cs1. The molecule has 0 aliphatic rings. The molecule has 0 bridgehead atoms. The summed E-state index contributed by atoms with van der Waals surface area (Å²) in [5.74, 6) is -1.16. The van der Waals surface area contributed by atoms with Gasteiger partial charge in [0.25, 0.3) is 0 Å². The molecular weight excluding hydrogens is 476 g/mol. The van der Waals surface area contributed by atoms with Crippen LogP contribution in [0.2, 0.25) is 0 Å². The molecule has 160 valence electrons. The van der Waals surface area contributed by atoms with E-state index in [-0.39, 0.29) is 28.1 Å². The van der Waals surface area contributed by atoms with Crippen molar-refractivity contribution in [2.45, 2.75) is 28.4 Å². The molecule has 0 aliphatic heterocycles. The third-order valence-corrected chi connectivity index (χ3v) is 6.53. The normalized spacial score (nSPS) is 13.4. The Balaban J connectivity index is 1.90. The first-order chi connectivity index (χ1) is 13.9. The van der Waals surface area contributed by atoms with Gasteiger partial charge in [0.05, 0.1) is 16.8 Å². The minimum absolute atomic E-state index is 0.0358. The predicted octanol–water partition coefficient (Wildman–Crippen LogP) is 5.49. The number of thiazole rings is 1. The van der Waals surface area contributed by atoms with E-state index in [0.717, 1.165) is 34.4 Å². The number of aromatic nitrogens is 3. The number of rotatable bonds is 6. The van der Waals surface area contributed by atoms with Gasteiger partial charge in [-0.05, 0) is 18.2 Å². The van der Waals surface area contributed by atoms with E-state index < -0.39 is 34.7 Å². The second kappa shape index (κ2) is 8.51. The summed E-state index contributed by atoms with van der Waals surface area (Å²) in [6, 6.07) is 1.19. The molecule has 0 saturated carbocycles. The minimum atomic E-state index is -4.97. The molecule has 14 heteroatoms. The maximum atomic E-state index is 13.0. The summed E-state index contributed by atoms with van der Waals surface area (Å²) in [6.07, 6.45) is -9.90. The van der Waals surface area contributed by atoms with E-state index in [4.69, 9.17) is 0 Å². The van der Waals surface area contributed by atoms with Crippen molar-refractivity contribution in [1.29, 1.82) is 0 Å². The molecule has 1 aromatic carbocycles. The topological polar surface area (TPSA) is 76.0 Å². The number of carbonyl (C=O) groups is 1. The molecule has 0 fully saturated rings. The quantitative estimate of drug-likeness (QED) is 0.368. The van der Waals surface area contributed by atoms with Gasteiger partial charge in [-0.25, -0.2) is 4.98 Å². The van der Waals surface area contributed by atoms with Crippen LogP contribution < -0.4 is 0 Å². The molecular formula is C16H9F6N3O2S3. The summed E-state index contributed by atoms with van der Waals surface area (Å²) < 4.78 is 78.4. The molecule has 0 aliphatic carbocycles. The predicted molar refractivity (Wildman–Crippen MR) is 98.4 cm³/mol. The highest BCUT2D eigenvalue weighted by molar-refractivity contribution is 8.02. The van der Waals surface area contributed by atoms with Crippen LogP contribution >= 0.6 is 34.4 Å². The zero-order valence-corrected chi connectivity index (χ0v) is 16.8. The fraction of sp³-hybridized carbons (Fsp3) is 0.250. The number of carboxylic acid groups (broad SMARTS) is 1. The summed E-state index contributed by atoms with van der Waals surface area (Å²) in [5.41, 5.74) is -1.94. The molecule has 1 N–H and O–H groups in total. The molecule has 1 unspecified atom stereocenters. The molecule has 30 heavy (non-hydrogen) atoms. The van der Waals surface area contributed by atoms with Crippen molar-refractivity contribution < 1.29 is 36.2 Å². The van der Waals surface area contributed by atoms with Crippen LogP contribution in [0.5, 0.6) is 0 Å². The molecule has 3 aromatic rings. The second-order valence-corrected chi connectivity index (χ2v) is 9.00. The van der Waals surface area contributed by atoms with Gasteiger partial charge in [0.15, 0.2) is 4.34 Å². The van der Waals surface area contributed by atoms with E-state index in [2.05, 4.69) is 15.2 Å². The van der Waals surface area contributed by atoms with Crippen molar-refractivity contribution in [3.8, 4) is 11.3 Å². The Morgan fingerprint density at radius 2 is 1.70 bits per heavy atom. The summed E-state index contributed by atoms with van der Waals surface area (Å²) in [4.78, 5) is 15.5. The van der Waals surface area contributed by atoms with Gasteiger partial charge >= 0.3 is 18.3 Å². The lowest BCUT2D eigenvalue weighted by Gasteiger charge is -2.13. The Labute approximate surface area is 176 Å². The first-order valence-corrected chi connectivity index (χ1v) is 10.5. The van der Waals surface area contributed by atoms with Crippen molar-refractivity contribution in [1.82, 2.24) is 15.2 Å². The number of benzene rings is 1. The monoisotopic (exact) mass is 485 g/mol. The number of carboxylic acids is 1. The van der Waals surface area contributed by atoms with Crippen LogP contribution in [0.3, 0.4) is 0 Å². The molecule has 3 rings (SSSR count). The van der Waals surface area contributed by atoms with Crippen LogP contribution in [-0.4, -0.2) is 31.5 Å². The number of halogens is 6. The van der Waals surface area contributed by atoms with Crippen molar-refractivity contribution in [2.75, 3.05) is 0 Å².